The van der Waals surface area contributed by atoms with E-state index in [0.29, 0.717) is 33.9 Å². The van der Waals surface area contributed by atoms with Gasteiger partial charge in [-0.3, -0.25) is 9.69 Å². The van der Waals surface area contributed by atoms with Gasteiger partial charge in [-0.1, -0.05) is 42.2 Å². The minimum Gasteiger partial charge on any atom is -0.493 e. The van der Waals surface area contributed by atoms with Gasteiger partial charge in [0, 0.05) is 7.05 Å². The molecule has 152 valence electrons. The Kier molecular flexibility index (Phi) is 7.21. The number of carbonyl (C=O) groups excluding carboxylic acids is 1. The lowest BCUT2D eigenvalue weighted by molar-refractivity contribution is -0.121. The van der Waals surface area contributed by atoms with Crippen molar-refractivity contribution in [2.45, 2.75) is 6.92 Å². The molecule has 0 bridgehead atoms. The molecule has 0 aromatic heterocycles. The molecule has 2 aromatic carbocycles. The number of hydrogen-bond acceptors (Lipinski definition) is 6. The highest BCUT2D eigenvalue weighted by Gasteiger charge is 2.28. The van der Waals surface area contributed by atoms with E-state index in [1.54, 1.807) is 20.2 Å². The number of carbonyl (C=O) groups is 1. The maximum atomic E-state index is 12.2. The van der Waals surface area contributed by atoms with Gasteiger partial charge in [-0.25, -0.2) is 0 Å². The van der Waals surface area contributed by atoms with Crippen molar-refractivity contribution in [1.82, 2.24) is 4.90 Å². The molecule has 1 saturated heterocycles. The van der Waals surface area contributed by atoms with Crippen LogP contribution in [0.3, 0.4) is 0 Å². The van der Waals surface area contributed by atoms with Crippen LogP contribution in [0.25, 0.3) is 6.08 Å². The van der Waals surface area contributed by atoms with Crippen LogP contribution in [0.15, 0.2) is 45.8 Å². The minimum absolute atomic E-state index is 0.108. The smallest absolute Gasteiger partial charge is 0.265 e. The second kappa shape index (κ2) is 9.65. The van der Waals surface area contributed by atoms with Crippen LogP contribution in [0.4, 0.5) is 0 Å². The van der Waals surface area contributed by atoms with E-state index in [1.165, 1.54) is 16.7 Å². The fraction of sp³-hybridized carbons (Fsp3) is 0.238. The normalized spacial score (nSPS) is 15.2. The van der Waals surface area contributed by atoms with Crippen molar-refractivity contribution < 1.29 is 19.0 Å². The maximum absolute atomic E-state index is 12.2. The van der Waals surface area contributed by atoms with Gasteiger partial charge in [0.15, 0.2) is 11.5 Å². The van der Waals surface area contributed by atoms with E-state index >= 15 is 0 Å². The van der Waals surface area contributed by atoms with Gasteiger partial charge in [-0.15, -0.1) is 0 Å². The summed E-state index contributed by atoms with van der Waals surface area (Å²) in [5, 5.41) is 0. The lowest BCUT2D eigenvalue weighted by atomic mass is 10.2. The second-order valence-electron chi connectivity index (χ2n) is 6.24. The number of halogens is 1. The molecule has 3 rings (SSSR count). The number of methoxy groups -OCH3 is 1. The summed E-state index contributed by atoms with van der Waals surface area (Å²) in [6.45, 7) is 2.76. The van der Waals surface area contributed by atoms with Gasteiger partial charge in [0.2, 0.25) is 0 Å². The first-order valence-electron chi connectivity index (χ1n) is 8.81. The Hall–Kier alpha value is -2.03. The molecule has 1 fully saturated rings. The SMILES string of the molecule is COc1cc(/C=C2/SC(=S)N(C)C2=O)cc(Br)c1OCCOc1ccccc1C. The molecule has 1 heterocycles. The summed E-state index contributed by atoms with van der Waals surface area (Å²) in [6, 6.07) is 11.5. The van der Waals surface area contributed by atoms with Gasteiger partial charge in [0.25, 0.3) is 5.91 Å². The Bertz CT molecular complexity index is 977. The lowest BCUT2D eigenvalue weighted by Crippen LogP contribution is -2.22. The Morgan fingerprint density at radius 2 is 1.90 bits per heavy atom. The summed E-state index contributed by atoms with van der Waals surface area (Å²) < 4.78 is 18.4. The molecule has 2 aromatic rings. The average Bonchev–Trinajstić information content (AvgIpc) is 2.94. The molecule has 0 N–H and O–H groups in total. The molecule has 0 aliphatic carbocycles. The molecule has 1 aliphatic heterocycles. The number of hydrogen-bond donors (Lipinski definition) is 0. The van der Waals surface area contributed by atoms with Crippen LogP contribution >= 0.6 is 39.9 Å². The highest BCUT2D eigenvalue weighted by molar-refractivity contribution is 9.10. The summed E-state index contributed by atoms with van der Waals surface area (Å²) in [7, 11) is 3.25. The molecule has 1 amide bonds. The number of para-hydroxylation sites is 1. The molecule has 0 saturated carbocycles. The number of benzene rings is 2. The average molecular weight is 494 g/mol. The standard InChI is InChI=1S/C21H20BrNO4S2/c1-13-6-4-5-7-16(13)26-8-9-27-19-15(22)10-14(11-17(19)25-3)12-18-20(24)23(2)21(28)29-18/h4-7,10-12H,8-9H2,1-3H3/b18-12+. The topological polar surface area (TPSA) is 48.0 Å². The third-order valence-electron chi connectivity index (χ3n) is 4.22. The van der Waals surface area contributed by atoms with Crippen molar-refractivity contribution >= 4 is 56.2 Å². The zero-order chi connectivity index (χ0) is 21.0. The monoisotopic (exact) mass is 493 g/mol. The number of rotatable bonds is 7. The van der Waals surface area contributed by atoms with Crippen LogP contribution < -0.4 is 14.2 Å². The largest absolute Gasteiger partial charge is 0.493 e. The highest BCUT2D eigenvalue weighted by atomic mass is 79.9. The van der Waals surface area contributed by atoms with E-state index in [1.807, 2.05) is 43.3 Å². The molecule has 0 atom stereocenters. The van der Waals surface area contributed by atoms with Crippen LogP contribution in [0, 0.1) is 6.92 Å². The Balaban J connectivity index is 1.69. The number of thioether (sulfide) groups is 1. The fourth-order valence-corrected chi connectivity index (χ4v) is 4.43. The molecular formula is C21H20BrNO4S2. The van der Waals surface area contributed by atoms with Crippen LogP contribution in [0.2, 0.25) is 0 Å². The zero-order valence-electron chi connectivity index (χ0n) is 16.2. The summed E-state index contributed by atoms with van der Waals surface area (Å²) in [6.07, 6.45) is 1.79. The van der Waals surface area contributed by atoms with Gasteiger partial charge < -0.3 is 14.2 Å². The predicted molar refractivity (Wildman–Crippen MR) is 124 cm³/mol. The van der Waals surface area contributed by atoms with E-state index < -0.39 is 0 Å². The number of nitrogens with zero attached hydrogens (tertiary/aromatic N) is 1. The van der Waals surface area contributed by atoms with Crippen molar-refractivity contribution in [1.29, 1.82) is 0 Å². The quantitative estimate of drug-likeness (QED) is 0.305. The van der Waals surface area contributed by atoms with Crippen molar-refractivity contribution in [3.8, 4) is 17.2 Å². The summed E-state index contributed by atoms with van der Waals surface area (Å²) >= 11 is 9.98. The summed E-state index contributed by atoms with van der Waals surface area (Å²) in [5.41, 5.74) is 1.89. The second-order valence-corrected chi connectivity index (χ2v) is 8.77. The highest BCUT2D eigenvalue weighted by Crippen LogP contribution is 2.39. The van der Waals surface area contributed by atoms with Crippen LogP contribution in [-0.2, 0) is 4.79 Å². The van der Waals surface area contributed by atoms with Gasteiger partial charge in [0.1, 0.15) is 23.3 Å². The van der Waals surface area contributed by atoms with E-state index in [0.717, 1.165) is 21.3 Å². The first-order valence-corrected chi connectivity index (χ1v) is 10.8. The van der Waals surface area contributed by atoms with E-state index in [4.69, 9.17) is 26.4 Å². The summed E-state index contributed by atoms with van der Waals surface area (Å²) in [5.74, 6) is 1.88. The number of ether oxygens (including phenoxy) is 3. The van der Waals surface area contributed by atoms with Crippen LogP contribution in [-0.4, -0.2) is 42.5 Å². The first kappa shape index (κ1) is 21.7. The van der Waals surface area contributed by atoms with Crippen molar-refractivity contribution in [3.63, 3.8) is 0 Å². The van der Waals surface area contributed by atoms with Gasteiger partial charge in [-0.05, 0) is 58.3 Å². The third-order valence-corrected chi connectivity index (χ3v) is 6.29. The summed E-state index contributed by atoms with van der Waals surface area (Å²) in [4.78, 5) is 14.2. The van der Waals surface area contributed by atoms with Crippen molar-refractivity contribution in [2.24, 2.45) is 0 Å². The van der Waals surface area contributed by atoms with Gasteiger partial charge in [-0.2, -0.15) is 0 Å². The van der Waals surface area contributed by atoms with E-state index in [2.05, 4.69) is 15.9 Å². The molecule has 8 heteroatoms. The van der Waals surface area contributed by atoms with Crippen molar-refractivity contribution in [3.05, 3.63) is 56.9 Å². The molecule has 29 heavy (non-hydrogen) atoms. The maximum Gasteiger partial charge on any atom is 0.265 e. The molecule has 0 radical (unpaired) electrons. The molecule has 0 unspecified atom stereocenters. The molecule has 1 aliphatic rings. The number of amides is 1. The zero-order valence-corrected chi connectivity index (χ0v) is 19.4. The minimum atomic E-state index is -0.108. The van der Waals surface area contributed by atoms with Crippen LogP contribution in [0.1, 0.15) is 11.1 Å². The van der Waals surface area contributed by atoms with Gasteiger partial charge >= 0.3 is 0 Å². The Morgan fingerprint density at radius 3 is 2.55 bits per heavy atom. The predicted octanol–water partition coefficient (Wildman–Crippen LogP) is 5.05. The third kappa shape index (κ3) is 5.12. The Labute approximate surface area is 188 Å². The van der Waals surface area contributed by atoms with Gasteiger partial charge in [0.05, 0.1) is 16.5 Å². The Morgan fingerprint density at radius 1 is 1.17 bits per heavy atom. The van der Waals surface area contributed by atoms with Crippen molar-refractivity contribution in [2.75, 3.05) is 27.4 Å². The van der Waals surface area contributed by atoms with E-state index in [9.17, 15) is 4.79 Å². The first-order chi connectivity index (χ1) is 13.9. The number of thiocarbonyl (C=S) groups is 1. The van der Waals surface area contributed by atoms with Crippen LogP contribution in [0.5, 0.6) is 17.2 Å². The molecule has 0 spiro atoms. The molecular weight excluding hydrogens is 474 g/mol. The fourth-order valence-electron chi connectivity index (χ4n) is 2.67. The van der Waals surface area contributed by atoms with E-state index in [-0.39, 0.29) is 5.91 Å². The molecule has 5 nitrogen and oxygen atoms in total. The number of aryl methyl sites for hydroxylation is 1. The lowest BCUT2D eigenvalue weighted by Gasteiger charge is -2.14. The number of likely N-dealkylation sites (N-methyl/N-ethyl adjacent to an activating group) is 1.